The van der Waals surface area contributed by atoms with Crippen molar-refractivity contribution in [3.05, 3.63) is 24.3 Å². The highest BCUT2D eigenvalue weighted by Crippen LogP contribution is 2.52. The fraction of sp³-hybridized carbons (Fsp3) is 0.826. The van der Waals surface area contributed by atoms with Crippen LogP contribution in [0.25, 0.3) is 0 Å². The van der Waals surface area contributed by atoms with Gasteiger partial charge in [0.2, 0.25) is 5.34 Å². The summed E-state index contributed by atoms with van der Waals surface area (Å²) in [6.07, 6.45) is 22.6. The van der Waals surface area contributed by atoms with Gasteiger partial charge in [0.05, 0.1) is 21.1 Å². The summed E-state index contributed by atoms with van der Waals surface area (Å²) in [4.78, 5) is 19.1. The van der Waals surface area contributed by atoms with Crippen LogP contribution in [0, 0.1) is 0 Å². The average Bonchev–Trinajstić information content (AvgIpc) is 2.59. The van der Waals surface area contributed by atoms with Gasteiger partial charge in [0, 0.05) is 0 Å². The van der Waals surface area contributed by atoms with Gasteiger partial charge < -0.3 is 19.4 Å². The van der Waals surface area contributed by atoms with Crippen molar-refractivity contribution in [1.29, 1.82) is 0 Å². The molecule has 0 aliphatic rings. The lowest BCUT2D eigenvalue weighted by Gasteiger charge is -2.35. The van der Waals surface area contributed by atoms with Gasteiger partial charge in [-0.3, -0.25) is 4.57 Å². The van der Waals surface area contributed by atoms with E-state index in [1.54, 1.807) is 0 Å². The molecule has 0 amide bonds. The second-order valence-electron chi connectivity index (χ2n) is 9.30. The smallest absolute Gasteiger partial charge is 0.362 e. The lowest BCUT2D eigenvalue weighted by molar-refractivity contribution is -0.875. The summed E-state index contributed by atoms with van der Waals surface area (Å²) in [6.45, 7) is 2.25. The topological polar surface area (TPSA) is 77.8 Å². The summed E-state index contributed by atoms with van der Waals surface area (Å²) in [5.74, 6) is 0. The number of quaternary nitrogens is 1. The van der Waals surface area contributed by atoms with Crippen molar-refractivity contribution in [3.63, 3.8) is 0 Å². The minimum absolute atomic E-state index is 0.0438. The zero-order valence-corrected chi connectivity index (χ0v) is 20.2. The van der Waals surface area contributed by atoms with Gasteiger partial charge in [-0.2, -0.15) is 0 Å². The number of allylic oxidation sites excluding steroid dienone is 4. The van der Waals surface area contributed by atoms with E-state index < -0.39 is 12.9 Å². The maximum absolute atomic E-state index is 11.7. The molecule has 0 saturated heterocycles. The fourth-order valence-electron chi connectivity index (χ4n) is 3.44. The summed E-state index contributed by atoms with van der Waals surface area (Å²) in [6, 6.07) is 0. The molecule has 29 heavy (non-hydrogen) atoms. The van der Waals surface area contributed by atoms with Crippen LogP contribution in [0.2, 0.25) is 0 Å². The van der Waals surface area contributed by atoms with E-state index in [-0.39, 0.29) is 13.0 Å². The SMILES string of the molecule is CCC/C=C\CCCCCCC/C=C\CCCCC(O)(C[N+](C)(C)C)P(=O)(O)O. The van der Waals surface area contributed by atoms with Gasteiger partial charge in [-0.25, -0.2) is 0 Å². The van der Waals surface area contributed by atoms with Gasteiger partial charge in [0.25, 0.3) is 0 Å². The lowest BCUT2D eigenvalue weighted by atomic mass is 10.1. The van der Waals surface area contributed by atoms with Gasteiger partial charge in [-0.05, 0) is 57.8 Å². The first-order valence-electron chi connectivity index (χ1n) is 11.4. The second kappa shape index (κ2) is 15.4. The van der Waals surface area contributed by atoms with E-state index in [0.29, 0.717) is 10.9 Å². The highest BCUT2D eigenvalue weighted by atomic mass is 31.2. The van der Waals surface area contributed by atoms with E-state index in [4.69, 9.17) is 0 Å². The van der Waals surface area contributed by atoms with E-state index in [9.17, 15) is 19.5 Å². The van der Waals surface area contributed by atoms with Crippen molar-refractivity contribution in [2.45, 2.75) is 95.7 Å². The normalized spacial score (nSPS) is 15.4. The summed E-state index contributed by atoms with van der Waals surface area (Å²) < 4.78 is 12.1. The van der Waals surface area contributed by atoms with Crippen LogP contribution in [0.3, 0.4) is 0 Å². The molecule has 0 aliphatic heterocycles. The molecule has 0 rings (SSSR count). The van der Waals surface area contributed by atoms with Crippen molar-refractivity contribution in [2.75, 3.05) is 27.7 Å². The maximum Gasteiger partial charge on any atom is 0.362 e. The van der Waals surface area contributed by atoms with Crippen LogP contribution in [-0.4, -0.2) is 52.4 Å². The Morgan fingerprint density at radius 3 is 1.59 bits per heavy atom. The highest BCUT2D eigenvalue weighted by molar-refractivity contribution is 7.53. The summed E-state index contributed by atoms with van der Waals surface area (Å²) >= 11 is 0. The molecule has 0 spiro atoms. The van der Waals surface area contributed by atoms with Crippen molar-refractivity contribution in [1.82, 2.24) is 0 Å². The minimum atomic E-state index is -4.56. The molecule has 172 valence electrons. The summed E-state index contributed by atoms with van der Waals surface area (Å²) in [7, 11) is 0.926. The largest absolute Gasteiger partial charge is 0.373 e. The van der Waals surface area contributed by atoms with Gasteiger partial charge in [0.1, 0.15) is 6.54 Å². The van der Waals surface area contributed by atoms with Gasteiger partial charge in [-0.1, -0.05) is 56.9 Å². The number of hydrogen-bond donors (Lipinski definition) is 3. The zero-order chi connectivity index (χ0) is 22.2. The quantitative estimate of drug-likeness (QED) is 0.111. The number of nitrogens with zero attached hydrogens (tertiary/aromatic N) is 1. The molecule has 0 bridgehead atoms. The van der Waals surface area contributed by atoms with Crippen LogP contribution in [0.1, 0.15) is 90.4 Å². The Balaban J connectivity index is 3.79. The van der Waals surface area contributed by atoms with Crippen molar-refractivity contribution >= 4 is 7.60 Å². The van der Waals surface area contributed by atoms with Crippen LogP contribution < -0.4 is 0 Å². The minimum Gasteiger partial charge on any atom is -0.373 e. The first-order valence-corrected chi connectivity index (χ1v) is 13.0. The third kappa shape index (κ3) is 16.0. The Morgan fingerprint density at radius 1 is 0.759 bits per heavy atom. The Kier molecular flexibility index (Phi) is 15.1. The average molecular weight is 433 g/mol. The molecule has 1 atom stereocenters. The molecule has 0 heterocycles. The summed E-state index contributed by atoms with van der Waals surface area (Å²) in [5, 5.41) is 8.57. The number of aliphatic hydroxyl groups is 1. The monoisotopic (exact) mass is 432 g/mol. The second-order valence-corrected chi connectivity index (χ2v) is 11.2. The number of rotatable bonds is 18. The van der Waals surface area contributed by atoms with Crippen LogP contribution in [0.5, 0.6) is 0 Å². The standard InChI is InChI=1S/C23H46NO4P/c1-5-6-7-8-9-10-11-12-13-14-15-16-17-18-19-20-21-23(25,29(26,27)28)22-24(2,3)4/h7-8,16-17,25H,5-6,9-15,18-22H2,1-4H3,(H-,26,27,28)/p+1/b8-7-,17-16-. The Bertz CT molecular complexity index is 507. The van der Waals surface area contributed by atoms with Crippen LogP contribution >= 0.6 is 7.60 Å². The lowest BCUT2D eigenvalue weighted by Crippen LogP contribution is -2.49. The van der Waals surface area contributed by atoms with Gasteiger partial charge >= 0.3 is 7.60 Å². The number of unbranched alkanes of at least 4 members (excludes halogenated alkanes) is 9. The van der Waals surface area contributed by atoms with Crippen LogP contribution in [0.4, 0.5) is 0 Å². The molecule has 6 heteroatoms. The molecular weight excluding hydrogens is 385 g/mol. The highest BCUT2D eigenvalue weighted by Gasteiger charge is 2.48. The van der Waals surface area contributed by atoms with Crippen LogP contribution in [0.15, 0.2) is 24.3 Å². The molecule has 0 fully saturated rings. The molecule has 5 nitrogen and oxygen atoms in total. The molecule has 0 aromatic rings. The van der Waals surface area contributed by atoms with Gasteiger partial charge in [0.15, 0.2) is 0 Å². The van der Waals surface area contributed by atoms with E-state index in [0.717, 1.165) is 19.3 Å². The molecule has 1 unspecified atom stereocenters. The molecule has 0 radical (unpaired) electrons. The maximum atomic E-state index is 11.7. The first kappa shape index (κ1) is 28.5. The Morgan fingerprint density at radius 2 is 1.17 bits per heavy atom. The van der Waals surface area contributed by atoms with Crippen molar-refractivity contribution < 1.29 is 23.9 Å². The fourth-order valence-corrected chi connectivity index (χ4v) is 4.50. The summed E-state index contributed by atoms with van der Waals surface area (Å²) in [5.41, 5.74) is 0. The predicted octanol–water partition coefficient (Wildman–Crippen LogP) is 5.76. The Labute approximate surface area is 179 Å². The number of hydrogen-bond acceptors (Lipinski definition) is 2. The molecule has 3 N–H and O–H groups in total. The molecular formula is C23H47NO4P+. The zero-order valence-electron chi connectivity index (χ0n) is 19.4. The molecule has 0 saturated carbocycles. The van der Waals surface area contributed by atoms with Gasteiger partial charge in [-0.15, -0.1) is 0 Å². The third-order valence-corrected chi connectivity index (χ3v) is 6.45. The first-order chi connectivity index (χ1) is 13.5. The van der Waals surface area contributed by atoms with E-state index in [2.05, 4.69) is 31.2 Å². The number of likely N-dealkylation sites (N-methyl/N-ethyl adjacent to an activating group) is 1. The molecule has 0 aliphatic carbocycles. The molecule has 0 aromatic carbocycles. The van der Waals surface area contributed by atoms with Crippen molar-refractivity contribution in [3.8, 4) is 0 Å². The van der Waals surface area contributed by atoms with E-state index in [1.807, 2.05) is 21.1 Å². The van der Waals surface area contributed by atoms with Crippen LogP contribution in [-0.2, 0) is 4.57 Å². The van der Waals surface area contributed by atoms with E-state index in [1.165, 1.54) is 51.4 Å². The van der Waals surface area contributed by atoms with Crippen molar-refractivity contribution in [2.24, 2.45) is 0 Å². The Hall–Kier alpha value is -0.450. The third-order valence-electron chi connectivity index (χ3n) is 5.00. The predicted molar refractivity (Wildman–Crippen MR) is 124 cm³/mol. The molecule has 0 aromatic heterocycles. The van der Waals surface area contributed by atoms with E-state index >= 15 is 0 Å².